The van der Waals surface area contributed by atoms with Crippen LogP contribution < -0.4 is 0 Å². The van der Waals surface area contributed by atoms with Crippen LogP contribution in [-0.2, 0) is 5.41 Å². The first-order valence-corrected chi connectivity index (χ1v) is 11.8. The van der Waals surface area contributed by atoms with Crippen molar-refractivity contribution < 1.29 is 0 Å². The predicted molar refractivity (Wildman–Crippen MR) is 142 cm³/mol. The van der Waals surface area contributed by atoms with Gasteiger partial charge in [0.1, 0.15) is 0 Å². The van der Waals surface area contributed by atoms with Crippen molar-refractivity contribution in [3.63, 3.8) is 0 Å². The van der Waals surface area contributed by atoms with Crippen molar-refractivity contribution in [3.05, 3.63) is 148 Å². The Bertz CT molecular complexity index is 1300. The van der Waals surface area contributed by atoms with Crippen molar-refractivity contribution >= 4 is 34.4 Å². The van der Waals surface area contributed by atoms with Gasteiger partial charge in [-0.1, -0.05) is 0 Å². The van der Waals surface area contributed by atoms with Crippen LogP contribution in [0, 0.1) is 5.92 Å². The van der Waals surface area contributed by atoms with Crippen molar-refractivity contribution in [2.45, 2.75) is 19.3 Å². The van der Waals surface area contributed by atoms with Crippen LogP contribution in [0.15, 0.2) is 126 Å². The zero-order valence-electron chi connectivity index (χ0n) is 19.6. The number of rotatable bonds is 4. The summed E-state index contributed by atoms with van der Waals surface area (Å²) in [5, 5.41) is 0. The molecule has 1 aliphatic rings. The molecule has 0 amide bonds. The first-order valence-electron chi connectivity index (χ1n) is 11.8. The van der Waals surface area contributed by atoms with Gasteiger partial charge in [-0.25, -0.2) is 0 Å². The van der Waals surface area contributed by atoms with E-state index in [1.54, 1.807) is 0 Å². The molecule has 156 valence electrons. The molecule has 0 nitrogen and oxygen atoms in total. The minimum atomic E-state index is -0.170. The second-order valence-corrected chi connectivity index (χ2v) is 9.20. The van der Waals surface area contributed by atoms with E-state index in [1.807, 2.05) is 0 Å². The van der Waals surface area contributed by atoms with Crippen molar-refractivity contribution in [3.8, 4) is 0 Å². The molecule has 0 N–H and O–H groups in total. The van der Waals surface area contributed by atoms with E-state index < -0.39 is 0 Å². The van der Waals surface area contributed by atoms with Gasteiger partial charge in [-0.3, -0.25) is 0 Å². The third-order valence-electron chi connectivity index (χ3n) is 7.49. The van der Waals surface area contributed by atoms with Gasteiger partial charge in [-0.15, -0.1) is 0 Å². The van der Waals surface area contributed by atoms with E-state index in [0.717, 1.165) is 0 Å². The van der Waals surface area contributed by atoms with E-state index in [2.05, 4.69) is 153 Å². The van der Waals surface area contributed by atoms with Crippen molar-refractivity contribution in [1.82, 2.24) is 0 Å². The molecule has 0 bridgehead atoms. The van der Waals surface area contributed by atoms with Crippen LogP contribution in [0.3, 0.4) is 0 Å². The van der Waals surface area contributed by atoms with Crippen LogP contribution in [0.25, 0.3) is 16.7 Å². The predicted octanol–water partition coefficient (Wildman–Crippen LogP) is 7.78. The number of benzene rings is 4. The first-order chi connectivity index (χ1) is 16.1. The quantitative estimate of drug-likeness (QED) is 0.297. The Balaban J connectivity index is 1.95. The zero-order valence-corrected chi connectivity index (χ0v) is 19.6. The van der Waals surface area contributed by atoms with Gasteiger partial charge >= 0.3 is 207 Å². The summed E-state index contributed by atoms with van der Waals surface area (Å²) in [7, 11) is 0. The third-order valence-corrected chi connectivity index (χ3v) is 7.49. The van der Waals surface area contributed by atoms with Gasteiger partial charge in [0.15, 0.2) is 0 Å². The average molecular weight is 419 g/mol. The fraction of sp³-hybridized carbons (Fsp3) is 0.125. The van der Waals surface area contributed by atoms with Crippen LogP contribution in [0.2, 0.25) is 0 Å². The second kappa shape index (κ2) is 9.07. The molecular formula is C32H27Li. The molecule has 1 aliphatic carbocycles. The van der Waals surface area contributed by atoms with Gasteiger partial charge in [-0.05, 0) is 0 Å². The molecule has 0 spiro atoms. The van der Waals surface area contributed by atoms with Crippen LogP contribution in [0.5, 0.6) is 0 Å². The van der Waals surface area contributed by atoms with E-state index in [9.17, 15) is 0 Å². The second-order valence-electron chi connectivity index (χ2n) is 9.20. The minimum absolute atomic E-state index is 0.170. The average Bonchev–Trinajstić information content (AvgIpc) is 2.89. The van der Waals surface area contributed by atoms with Gasteiger partial charge in [0, 0.05) is 0 Å². The molecule has 4 aromatic carbocycles. The molecule has 4 aromatic rings. The SMILES string of the molecule is [Li][C]1=C(c2ccccc2)C(c2ccccc2)=C(c2ccccc2)C(C)(c2ccccc2)C1C. The van der Waals surface area contributed by atoms with Crippen molar-refractivity contribution in [2.24, 2.45) is 5.92 Å². The Kier molecular flexibility index (Phi) is 5.99. The molecule has 0 aromatic heterocycles. The molecule has 0 aliphatic heterocycles. The standard InChI is InChI=1S/C32H27.Li/c1-24-23-29(25-15-7-3-8-16-25)30(26-17-9-4-10-18-26)31(27-19-11-5-12-20-27)32(24,2)28-21-13-6-14-22-28;/h3-22,24H,1-2H3;. The summed E-state index contributed by atoms with van der Waals surface area (Å²) in [5.41, 5.74) is 9.13. The summed E-state index contributed by atoms with van der Waals surface area (Å²) in [4.78, 5) is 0. The Morgan fingerprint density at radius 2 is 0.939 bits per heavy atom. The van der Waals surface area contributed by atoms with Crippen LogP contribution in [0.1, 0.15) is 36.1 Å². The van der Waals surface area contributed by atoms with Gasteiger partial charge in [0.25, 0.3) is 0 Å². The van der Waals surface area contributed by atoms with Gasteiger partial charge in [-0.2, -0.15) is 0 Å². The molecular weight excluding hydrogens is 391 g/mol. The van der Waals surface area contributed by atoms with Gasteiger partial charge in [0.2, 0.25) is 0 Å². The number of allylic oxidation sites excluding steroid dienone is 4. The molecule has 0 fully saturated rings. The molecule has 0 saturated heterocycles. The van der Waals surface area contributed by atoms with E-state index in [4.69, 9.17) is 0 Å². The molecule has 0 saturated carbocycles. The molecule has 2 unspecified atom stereocenters. The zero-order chi connectivity index (χ0) is 22.8. The number of hydrogen-bond donors (Lipinski definition) is 0. The Morgan fingerprint density at radius 3 is 1.42 bits per heavy atom. The summed E-state index contributed by atoms with van der Waals surface area (Å²) in [5.74, 6) is 0.331. The summed E-state index contributed by atoms with van der Waals surface area (Å²) in [6.45, 7) is 4.83. The van der Waals surface area contributed by atoms with Crippen LogP contribution in [0.4, 0.5) is 0 Å². The fourth-order valence-corrected chi connectivity index (χ4v) is 5.55. The summed E-state index contributed by atoms with van der Waals surface area (Å²) < 4.78 is 1.44. The molecule has 1 heteroatoms. The number of hydrogen-bond acceptors (Lipinski definition) is 0. The Hall–Kier alpha value is -3.04. The maximum absolute atomic E-state index is 2.43. The Morgan fingerprint density at radius 1 is 0.545 bits per heavy atom. The van der Waals surface area contributed by atoms with E-state index >= 15 is 0 Å². The molecule has 5 rings (SSSR count). The van der Waals surface area contributed by atoms with Crippen LogP contribution in [-0.4, -0.2) is 17.7 Å². The Labute approximate surface area is 206 Å². The van der Waals surface area contributed by atoms with E-state index in [1.165, 1.54) is 43.2 Å². The van der Waals surface area contributed by atoms with Crippen molar-refractivity contribution in [2.75, 3.05) is 0 Å². The van der Waals surface area contributed by atoms with E-state index in [0.29, 0.717) is 5.92 Å². The third kappa shape index (κ3) is 3.75. The summed E-state index contributed by atoms with van der Waals surface area (Å²) in [6, 6.07) is 43.9. The van der Waals surface area contributed by atoms with Gasteiger partial charge < -0.3 is 0 Å². The van der Waals surface area contributed by atoms with E-state index in [-0.39, 0.29) is 5.41 Å². The molecule has 0 radical (unpaired) electrons. The fourth-order valence-electron chi connectivity index (χ4n) is 5.55. The first kappa shape index (κ1) is 21.8. The maximum atomic E-state index is 2.43. The topological polar surface area (TPSA) is 0 Å². The summed E-state index contributed by atoms with van der Waals surface area (Å²) in [6.07, 6.45) is 0. The monoisotopic (exact) mass is 418 g/mol. The molecule has 0 heterocycles. The van der Waals surface area contributed by atoms with Crippen LogP contribution >= 0.6 is 0 Å². The van der Waals surface area contributed by atoms with Gasteiger partial charge in [0.05, 0.1) is 0 Å². The normalized spacial score (nSPS) is 20.8. The van der Waals surface area contributed by atoms with Crippen molar-refractivity contribution in [1.29, 1.82) is 0 Å². The summed E-state index contributed by atoms with van der Waals surface area (Å²) >= 11 is 2.33. The molecule has 33 heavy (non-hydrogen) atoms. The molecule has 2 atom stereocenters.